The van der Waals surface area contributed by atoms with Crippen LogP contribution in [0.1, 0.15) is 53.5 Å². The second-order valence-corrected chi connectivity index (χ2v) is 11.0. The molecule has 1 atom stereocenters. The number of nitrogens with zero attached hydrogens (tertiary/aromatic N) is 2. The zero-order chi connectivity index (χ0) is 22.5. The van der Waals surface area contributed by atoms with Gasteiger partial charge in [-0.05, 0) is 91.9 Å². The standard InChI is InChI=1S/C24H29FN4O2S/c1-29(18-5-3-6-18)14-15-8-11-22(21(25)12-15)32(26,31)28-24(30)27-23-19-7-2-4-16(19)13-17-9-10-20(17)23/h8,11-13,18H,2-7,9-10,14H2,1H3,(H3,26,27,28,30,31)/t32-/m0/s1. The van der Waals surface area contributed by atoms with E-state index in [1.54, 1.807) is 6.07 Å². The summed E-state index contributed by atoms with van der Waals surface area (Å²) in [6, 6.07) is 6.43. The second kappa shape index (κ2) is 8.24. The summed E-state index contributed by atoms with van der Waals surface area (Å²) in [5.41, 5.74) is 6.36. The SMILES string of the molecule is CN(Cc1ccc([S@@](N)(=O)=NC(=O)Nc2c3c(cc4c2CC4)CCC3)c(F)c1)C1CCC1. The Hall–Kier alpha value is -2.29. The van der Waals surface area contributed by atoms with Crippen molar-refractivity contribution >= 4 is 21.6 Å². The van der Waals surface area contributed by atoms with Gasteiger partial charge in [-0.25, -0.2) is 18.5 Å². The number of carbonyl (C=O) groups excluding carboxylic acids is 1. The third kappa shape index (κ3) is 3.95. The first-order valence-electron chi connectivity index (χ1n) is 11.3. The van der Waals surface area contributed by atoms with E-state index in [0.29, 0.717) is 12.6 Å². The number of hydrogen-bond acceptors (Lipinski definition) is 3. The van der Waals surface area contributed by atoms with E-state index < -0.39 is 21.8 Å². The summed E-state index contributed by atoms with van der Waals surface area (Å²) in [5, 5.41) is 8.69. The van der Waals surface area contributed by atoms with Gasteiger partial charge in [0.05, 0.1) is 4.90 Å². The van der Waals surface area contributed by atoms with Crippen molar-refractivity contribution in [3.8, 4) is 0 Å². The van der Waals surface area contributed by atoms with Crippen LogP contribution in [0.4, 0.5) is 14.9 Å². The molecule has 5 rings (SSSR count). The van der Waals surface area contributed by atoms with Gasteiger partial charge in [-0.2, -0.15) is 0 Å². The molecule has 0 saturated heterocycles. The number of hydrogen-bond donors (Lipinski definition) is 2. The van der Waals surface area contributed by atoms with Crippen molar-refractivity contribution in [2.75, 3.05) is 12.4 Å². The van der Waals surface area contributed by atoms with Crippen LogP contribution in [0.3, 0.4) is 0 Å². The number of nitrogens with one attached hydrogen (secondary N) is 1. The number of amides is 2. The van der Waals surface area contributed by atoms with E-state index >= 15 is 0 Å². The Kier molecular flexibility index (Phi) is 5.55. The van der Waals surface area contributed by atoms with Crippen LogP contribution in [0, 0.1) is 5.82 Å². The van der Waals surface area contributed by atoms with Gasteiger partial charge in [0.15, 0.2) is 0 Å². The number of benzene rings is 2. The molecule has 8 heteroatoms. The Morgan fingerprint density at radius 3 is 2.56 bits per heavy atom. The van der Waals surface area contributed by atoms with Gasteiger partial charge >= 0.3 is 6.03 Å². The van der Waals surface area contributed by atoms with E-state index in [2.05, 4.69) is 20.6 Å². The average molecular weight is 457 g/mol. The zero-order valence-corrected chi connectivity index (χ0v) is 19.1. The van der Waals surface area contributed by atoms with Gasteiger partial charge in [-0.15, -0.1) is 4.36 Å². The fraction of sp³-hybridized carbons (Fsp3) is 0.458. The molecule has 1 fully saturated rings. The Balaban J connectivity index is 1.36. The normalized spacial score (nSPS) is 18.9. The molecular formula is C24H29FN4O2S. The molecule has 6 nitrogen and oxygen atoms in total. The molecule has 3 aliphatic carbocycles. The molecule has 170 valence electrons. The van der Waals surface area contributed by atoms with E-state index in [0.717, 1.165) is 67.3 Å². The molecule has 0 bridgehead atoms. The summed E-state index contributed by atoms with van der Waals surface area (Å²) < 4.78 is 31.5. The smallest absolute Gasteiger partial charge is 0.305 e. The summed E-state index contributed by atoms with van der Waals surface area (Å²) in [6.07, 6.45) is 8.43. The number of aryl methyl sites for hydroxylation is 2. The van der Waals surface area contributed by atoms with Gasteiger partial charge in [-0.1, -0.05) is 18.6 Å². The summed E-state index contributed by atoms with van der Waals surface area (Å²) >= 11 is 0. The minimum absolute atomic E-state index is 0.242. The number of fused-ring (bicyclic) bond motifs is 2. The molecule has 0 aromatic heterocycles. The van der Waals surface area contributed by atoms with Crippen molar-refractivity contribution in [2.24, 2.45) is 9.50 Å². The van der Waals surface area contributed by atoms with Gasteiger partial charge < -0.3 is 5.32 Å². The number of anilines is 1. The quantitative estimate of drug-likeness (QED) is 0.702. The molecule has 3 N–H and O–H groups in total. The zero-order valence-electron chi connectivity index (χ0n) is 18.3. The van der Waals surface area contributed by atoms with Crippen LogP contribution in [0.2, 0.25) is 0 Å². The summed E-state index contributed by atoms with van der Waals surface area (Å²) in [7, 11) is -1.69. The van der Waals surface area contributed by atoms with Crippen molar-refractivity contribution in [1.82, 2.24) is 4.90 Å². The molecule has 0 spiro atoms. The molecule has 0 heterocycles. The van der Waals surface area contributed by atoms with Crippen LogP contribution in [-0.2, 0) is 42.1 Å². The lowest BCUT2D eigenvalue weighted by Gasteiger charge is -2.34. The van der Waals surface area contributed by atoms with Gasteiger partial charge in [-0.3, -0.25) is 4.90 Å². The van der Waals surface area contributed by atoms with Gasteiger partial charge in [0.2, 0.25) is 0 Å². The van der Waals surface area contributed by atoms with E-state index in [9.17, 15) is 13.4 Å². The third-order valence-corrected chi connectivity index (χ3v) is 8.53. The monoisotopic (exact) mass is 456 g/mol. The predicted octanol–water partition coefficient (Wildman–Crippen LogP) is 4.33. The molecule has 0 aliphatic heterocycles. The molecule has 1 saturated carbocycles. The highest BCUT2D eigenvalue weighted by Crippen LogP contribution is 2.39. The topological polar surface area (TPSA) is 87.8 Å². The van der Waals surface area contributed by atoms with Crippen LogP contribution < -0.4 is 10.5 Å². The first-order chi connectivity index (χ1) is 15.3. The Labute approximate surface area is 188 Å². The van der Waals surface area contributed by atoms with Crippen molar-refractivity contribution < 1.29 is 13.4 Å². The number of carbonyl (C=O) groups is 1. The third-order valence-electron chi connectivity index (χ3n) is 7.14. The number of rotatable bonds is 5. The van der Waals surface area contributed by atoms with Gasteiger partial charge in [0.25, 0.3) is 0 Å². The second-order valence-electron chi connectivity index (χ2n) is 9.24. The molecule has 0 radical (unpaired) electrons. The Morgan fingerprint density at radius 1 is 1.16 bits per heavy atom. The minimum Gasteiger partial charge on any atom is -0.305 e. The van der Waals surface area contributed by atoms with Crippen LogP contribution >= 0.6 is 0 Å². The maximum Gasteiger partial charge on any atom is 0.354 e. The molecule has 0 unspecified atom stereocenters. The molecule has 2 amide bonds. The van der Waals surface area contributed by atoms with Crippen LogP contribution in [0.5, 0.6) is 0 Å². The molecule has 2 aromatic carbocycles. The van der Waals surface area contributed by atoms with Crippen LogP contribution in [0.25, 0.3) is 0 Å². The molecule has 3 aliphatic rings. The first-order valence-corrected chi connectivity index (χ1v) is 12.9. The van der Waals surface area contributed by atoms with E-state index in [4.69, 9.17) is 5.14 Å². The van der Waals surface area contributed by atoms with E-state index in [1.165, 1.54) is 29.7 Å². The lowest BCUT2D eigenvalue weighted by molar-refractivity contribution is 0.152. The fourth-order valence-electron chi connectivity index (χ4n) is 5.02. The van der Waals surface area contributed by atoms with Crippen molar-refractivity contribution in [3.63, 3.8) is 0 Å². The highest BCUT2D eigenvalue weighted by atomic mass is 32.2. The molecular weight excluding hydrogens is 427 g/mol. The van der Waals surface area contributed by atoms with Crippen molar-refractivity contribution in [3.05, 3.63) is 57.9 Å². The predicted molar refractivity (Wildman–Crippen MR) is 123 cm³/mol. The maximum absolute atomic E-state index is 14.8. The van der Waals surface area contributed by atoms with Crippen molar-refractivity contribution in [2.45, 2.75) is 68.8 Å². The fourth-order valence-corrected chi connectivity index (χ4v) is 6.01. The Morgan fingerprint density at radius 2 is 1.91 bits per heavy atom. The van der Waals surface area contributed by atoms with Crippen molar-refractivity contribution in [1.29, 1.82) is 0 Å². The largest absolute Gasteiger partial charge is 0.354 e. The summed E-state index contributed by atoms with van der Waals surface area (Å²) in [5.74, 6) is -0.696. The van der Waals surface area contributed by atoms with Crippen LogP contribution in [-0.4, -0.2) is 28.2 Å². The highest BCUT2D eigenvalue weighted by Gasteiger charge is 2.27. The van der Waals surface area contributed by atoms with E-state index in [-0.39, 0.29) is 4.90 Å². The lowest BCUT2D eigenvalue weighted by atomic mass is 9.83. The average Bonchev–Trinajstić information content (AvgIpc) is 3.10. The van der Waals surface area contributed by atoms with Gasteiger partial charge in [0, 0.05) is 18.3 Å². The summed E-state index contributed by atoms with van der Waals surface area (Å²) in [4.78, 5) is 14.6. The number of urea groups is 1. The first kappa shape index (κ1) is 21.6. The lowest BCUT2D eigenvalue weighted by Crippen LogP contribution is -2.36. The highest BCUT2D eigenvalue weighted by molar-refractivity contribution is 7.91. The van der Waals surface area contributed by atoms with E-state index in [1.807, 2.05) is 7.05 Å². The minimum atomic E-state index is -3.71. The summed E-state index contributed by atoms with van der Waals surface area (Å²) in [6.45, 7) is 0.607. The maximum atomic E-state index is 14.8. The van der Waals surface area contributed by atoms with Gasteiger partial charge in [0.1, 0.15) is 15.7 Å². The number of nitrogens with two attached hydrogens (primary N) is 1. The Bertz CT molecular complexity index is 1210. The molecule has 32 heavy (non-hydrogen) atoms. The molecule has 2 aromatic rings. The van der Waals surface area contributed by atoms with Crippen LogP contribution in [0.15, 0.2) is 33.5 Å². The number of halogens is 1.